The van der Waals surface area contributed by atoms with Crippen molar-refractivity contribution in [2.45, 2.75) is 12.8 Å². The fourth-order valence-corrected chi connectivity index (χ4v) is 2.11. The number of rotatable bonds is 5. The Balaban J connectivity index is 1.94. The van der Waals surface area contributed by atoms with Crippen LogP contribution in [0.15, 0.2) is 12.3 Å². The number of nitrogens with zero attached hydrogens (tertiary/aromatic N) is 1. The number of hydrogen-bond donors (Lipinski definition) is 2. The van der Waals surface area contributed by atoms with E-state index in [1.165, 1.54) is 7.11 Å². The lowest BCUT2D eigenvalue weighted by Crippen LogP contribution is -2.13. The maximum absolute atomic E-state index is 11.5. The second kappa shape index (κ2) is 6.38. The van der Waals surface area contributed by atoms with E-state index in [0.717, 1.165) is 32.6 Å². The van der Waals surface area contributed by atoms with Crippen LogP contribution >= 0.6 is 0 Å². The number of hydrogen-bond acceptors (Lipinski definition) is 6. The van der Waals surface area contributed by atoms with E-state index >= 15 is 0 Å². The highest BCUT2D eigenvalue weighted by molar-refractivity contribution is 5.97. The number of anilines is 2. The molecule has 1 fully saturated rings. The Morgan fingerprint density at radius 1 is 1.68 bits per heavy atom. The van der Waals surface area contributed by atoms with Gasteiger partial charge in [-0.1, -0.05) is 0 Å². The molecule has 3 N–H and O–H groups in total. The summed E-state index contributed by atoms with van der Waals surface area (Å²) in [5.74, 6) is 0.673. The molecule has 0 aromatic carbocycles. The van der Waals surface area contributed by atoms with Gasteiger partial charge in [0.25, 0.3) is 0 Å². The summed E-state index contributed by atoms with van der Waals surface area (Å²) in [5.41, 5.74) is 6.57. The van der Waals surface area contributed by atoms with E-state index in [-0.39, 0.29) is 0 Å². The standard InChI is InChI=1S/C13H19N3O3/c1-18-13(17)10-3-6-16-12(11(10)14)15-5-2-9-4-7-19-8-9/h3,6,9H,2,4-5,7-8,14H2,1H3,(H,15,16). The number of aromatic nitrogens is 1. The third-order valence-electron chi connectivity index (χ3n) is 3.26. The summed E-state index contributed by atoms with van der Waals surface area (Å²) in [6.45, 7) is 2.44. The molecule has 2 heterocycles. The molecule has 0 aliphatic carbocycles. The molecule has 2 rings (SSSR count). The molecule has 1 saturated heterocycles. The van der Waals surface area contributed by atoms with E-state index in [0.29, 0.717) is 23.0 Å². The third-order valence-corrected chi connectivity index (χ3v) is 3.26. The van der Waals surface area contributed by atoms with Crippen molar-refractivity contribution >= 4 is 17.5 Å². The maximum atomic E-state index is 11.5. The first kappa shape index (κ1) is 13.6. The lowest BCUT2D eigenvalue weighted by Gasteiger charge is -2.12. The lowest BCUT2D eigenvalue weighted by molar-refractivity contribution is 0.0602. The highest BCUT2D eigenvalue weighted by Crippen LogP contribution is 2.22. The van der Waals surface area contributed by atoms with Crippen molar-refractivity contribution in [2.75, 3.05) is 37.9 Å². The normalized spacial score (nSPS) is 18.3. The number of methoxy groups -OCH3 is 1. The lowest BCUT2D eigenvalue weighted by atomic mass is 10.1. The van der Waals surface area contributed by atoms with E-state index in [4.69, 9.17) is 10.5 Å². The van der Waals surface area contributed by atoms with Gasteiger partial charge >= 0.3 is 5.97 Å². The van der Waals surface area contributed by atoms with Crippen molar-refractivity contribution in [2.24, 2.45) is 5.92 Å². The number of carbonyl (C=O) groups excluding carboxylic acids is 1. The predicted octanol–water partition coefficient (Wildman–Crippen LogP) is 1.29. The number of nitrogens with two attached hydrogens (primary N) is 1. The van der Waals surface area contributed by atoms with Gasteiger partial charge in [0.15, 0.2) is 0 Å². The maximum Gasteiger partial charge on any atom is 0.340 e. The molecule has 6 heteroatoms. The Morgan fingerprint density at radius 3 is 3.21 bits per heavy atom. The molecular formula is C13H19N3O3. The number of carbonyl (C=O) groups is 1. The Labute approximate surface area is 112 Å². The largest absolute Gasteiger partial charge is 0.465 e. The number of nitrogens with one attached hydrogen (secondary N) is 1. The smallest absolute Gasteiger partial charge is 0.340 e. The van der Waals surface area contributed by atoms with E-state index in [2.05, 4.69) is 15.0 Å². The first-order valence-corrected chi connectivity index (χ1v) is 6.36. The molecule has 0 spiro atoms. The van der Waals surface area contributed by atoms with Crippen molar-refractivity contribution in [3.05, 3.63) is 17.8 Å². The Hall–Kier alpha value is -1.82. The number of pyridine rings is 1. The van der Waals surface area contributed by atoms with Crippen molar-refractivity contribution in [1.29, 1.82) is 0 Å². The van der Waals surface area contributed by atoms with Crippen LogP contribution < -0.4 is 11.1 Å². The molecule has 0 bridgehead atoms. The summed E-state index contributed by atoms with van der Waals surface area (Å²) in [6, 6.07) is 1.55. The van der Waals surface area contributed by atoms with Crippen molar-refractivity contribution in [3.8, 4) is 0 Å². The molecule has 1 aliphatic heterocycles. The molecule has 0 amide bonds. The van der Waals surface area contributed by atoms with E-state index in [1.54, 1.807) is 12.3 Å². The highest BCUT2D eigenvalue weighted by Gasteiger charge is 2.16. The highest BCUT2D eigenvalue weighted by atomic mass is 16.5. The Bertz CT molecular complexity index is 445. The van der Waals surface area contributed by atoms with Gasteiger partial charge in [0, 0.05) is 26.0 Å². The zero-order valence-corrected chi connectivity index (χ0v) is 11.0. The summed E-state index contributed by atoms with van der Waals surface area (Å²) >= 11 is 0. The molecule has 19 heavy (non-hydrogen) atoms. The molecule has 1 aromatic heterocycles. The number of nitrogen functional groups attached to an aromatic ring is 1. The molecule has 0 radical (unpaired) electrons. The van der Waals surface area contributed by atoms with Gasteiger partial charge in [-0.25, -0.2) is 9.78 Å². The average molecular weight is 265 g/mol. The summed E-state index contributed by atoms with van der Waals surface area (Å²) in [5, 5.41) is 3.16. The fourth-order valence-electron chi connectivity index (χ4n) is 2.11. The molecular weight excluding hydrogens is 246 g/mol. The van der Waals surface area contributed by atoms with Gasteiger partial charge in [0.1, 0.15) is 5.82 Å². The second-order valence-corrected chi connectivity index (χ2v) is 4.56. The predicted molar refractivity (Wildman–Crippen MR) is 72.0 cm³/mol. The first-order chi connectivity index (χ1) is 9.22. The number of esters is 1. The van der Waals surface area contributed by atoms with Crippen LogP contribution in [0.5, 0.6) is 0 Å². The van der Waals surface area contributed by atoms with Gasteiger partial charge in [-0.3, -0.25) is 0 Å². The second-order valence-electron chi connectivity index (χ2n) is 4.56. The van der Waals surface area contributed by atoms with E-state index in [9.17, 15) is 4.79 Å². The van der Waals surface area contributed by atoms with E-state index in [1.807, 2.05) is 0 Å². The van der Waals surface area contributed by atoms with Gasteiger partial charge in [-0.15, -0.1) is 0 Å². The van der Waals surface area contributed by atoms with Gasteiger partial charge < -0.3 is 20.5 Å². The summed E-state index contributed by atoms with van der Waals surface area (Å²) < 4.78 is 9.99. The average Bonchev–Trinajstić information content (AvgIpc) is 2.93. The van der Waals surface area contributed by atoms with Crippen LogP contribution in [-0.4, -0.2) is 37.8 Å². The van der Waals surface area contributed by atoms with Crippen molar-refractivity contribution < 1.29 is 14.3 Å². The number of ether oxygens (including phenoxy) is 2. The Kier molecular flexibility index (Phi) is 4.57. The quantitative estimate of drug-likeness (QED) is 0.780. The monoisotopic (exact) mass is 265 g/mol. The summed E-state index contributed by atoms with van der Waals surface area (Å²) in [7, 11) is 1.33. The zero-order valence-electron chi connectivity index (χ0n) is 11.0. The third kappa shape index (κ3) is 3.35. The van der Waals surface area contributed by atoms with Crippen LogP contribution in [0.4, 0.5) is 11.5 Å². The topological polar surface area (TPSA) is 86.5 Å². The first-order valence-electron chi connectivity index (χ1n) is 6.36. The van der Waals surface area contributed by atoms with Gasteiger partial charge in [-0.2, -0.15) is 0 Å². The minimum absolute atomic E-state index is 0.331. The van der Waals surface area contributed by atoms with Crippen LogP contribution in [0.25, 0.3) is 0 Å². The van der Waals surface area contributed by atoms with Crippen LogP contribution in [0.1, 0.15) is 23.2 Å². The van der Waals surface area contributed by atoms with Crippen LogP contribution in [0.3, 0.4) is 0 Å². The minimum atomic E-state index is -0.452. The molecule has 1 atom stereocenters. The molecule has 1 aliphatic rings. The summed E-state index contributed by atoms with van der Waals surface area (Å²) in [4.78, 5) is 15.6. The van der Waals surface area contributed by atoms with Gasteiger partial charge in [-0.05, 0) is 24.8 Å². The minimum Gasteiger partial charge on any atom is -0.465 e. The van der Waals surface area contributed by atoms with E-state index < -0.39 is 5.97 Å². The molecule has 1 unspecified atom stereocenters. The Morgan fingerprint density at radius 2 is 2.53 bits per heavy atom. The molecule has 0 saturated carbocycles. The van der Waals surface area contributed by atoms with Crippen molar-refractivity contribution in [3.63, 3.8) is 0 Å². The van der Waals surface area contributed by atoms with Crippen LogP contribution in [0, 0.1) is 5.92 Å². The van der Waals surface area contributed by atoms with Gasteiger partial charge in [0.2, 0.25) is 0 Å². The fraction of sp³-hybridized carbons (Fsp3) is 0.538. The molecule has 6 nitrogen and oxygen atoms in total. The summed E-state index contributed by atoms with van der Waals surface area (Å²) in [6.07, 6.45) is 3.65. The van der Waals surface area contributed by atoms with Crippen LogP contribution in [0.2, 0.25) is 0 Å². The molecule has 1 aromatic rings. The van der Waals surface area contributed by atoms with Crippen LogP contribution in [-0.2, 0) is 9.47 Å². The van der Waals surface area contributed by atoms with Gasteiger partial charge in [0.05, 0.1) is 18.4 Å². The van der Waals surface area contributed by atoms with Crippen molar-refractivity contribution in [1.82, 2.24) is 4.98 Å². The SMILES string of the molecule is COC(=O)c1ccnc(NCCC2CCOC2)c1N. The zero-order chi connectivity index (χ0) is 13.7. The molecule has 104 valence electrons.